The summed E-state index contributed by atoms with van der Waals surface area (Å²) in [6.07, 6.45) is 4.50. The first-order valence-electron chi connectivity index (χ1n) is 9.10. The molecular weight excluding hydrogens is 406 g/mol. The number of amides is 1. The molecule has 0 aliphatic heterocycles. The van der Waals surface area contributed by atoms with E-state index in [0.29, 0.717) is 22.1 Å². The molecule has 0 saturated carbocycles. The minimum Gasteiger partial charge on any atom is -0.462 e. The Hall–Kier alpha value is -3.78. The Labute approximate surface area is 176 Å². The molecule has 1 aromatic carbocycles. The van der Waals surface area contributed by atoms with E-state index in [4.69, 9.17) is 16.3 Å². The standard InChI is InChI=1S/C21H16ClN5O3/c1-2-30-21(29)16-12-25-27-18(7-9-24-19(16)27)13-4-3-5-15(10-13)26-20(28)17-11-14(22)6-8-23-17/h3-12H,2H2,1H3,(H,26,28). The third kappa shape index (κ3) is 3.85. The van der Waals surface area contributed by atoms with Gasteiger partial charge in [0.25, 0.3) is 5.91 Å². The van der Waals surface area contributed by atoms with Gasteiger partial charge in [-0.25, -0.2) is 14.3 Å². The SMILES string of the molecule is CCOC(=O)c1cnn2c(-c3cccc(NC(=O)c4cc(Cl)ccn4)c3)ccnc12. The molecule has 0 fully saturated rings. The highest BCUT2D eigenvalue weighted by atomic mass is 35.5. The van der Waals surface area contributed by atoms with Gasteiger partial charge < -0.3 is 10.1 Å². The van der Waals surface area contributed by atoms with Gasteiger partial charge in [-0.1, -0.05) is 23.7 Å². The molecule has 0 saturated heterocycles. The smallest absolute Gasteiger partial charge is 0.343 e. The Kier molecular flexibility index (Phi) is 5.40. The number of hydrogen-bond donors (Lipinski definition) is 1. The van der Waals surface area contributed by atoms with Gasteiger partial charge in [-0.15, -0.1) is 0 Å². The Morgan fingerprint density at radius 1 is 1.13 bits per heavy atom. The lowest BCUT2D eigenvalue weighted by atomic mass is 10.1. The van der Waals surface area contributed by atoms with Gasteiger partial charge in [0, 0.05) is 28.7 Å². The number of fused-ring (bicyclic) bond motifs is 1. The molecule has 9 heteroatoms. The van der Waals surface area contributed by atoms with Gasteiger partial charge >= 0.3 is 5.97 Å². The zero-order chi connectivity index (χ0) is 21.1. The Bertz CT molecular complexity index is 1250. The summed E-state index contributed by atoms with van der Waals surface area (Å²) in [4.78, 5) is 32.9. The van der Waals surface area contributed by atoms with Crippen LogP contribution in [0.2, 0.25) is 5.02 Å². The number of carbonyl (C=O) groups excluding carboxylic acids is 2. The average Bonchev–Trinajstić information content (AvgIpc) is 3.18. The van der Waals surface area contributed by atoms with Crippen LogP contribution in [0, 0.1) is 0 Å². The Morgan fingerprint density at radius 3 is 2.77 bits per heavy atom. The average molecular weight is 422 g/mol. The zero-order valence-corrected chi connectivity index (χ0v) is 16.6. The number of anilines is 1. The van der Waals surface area contributed by atoms with E-state index in [1.807, 2.05) is 6.07 Å². The molecule has 3 heterocycles. The number of ether oxygens (including phenoxy) is 1. The molecule has 3 aromatic heterocycles. The minimum absolute atomic E-state index is 0.213. The predicted molar refractivity (Wildman–Crippen MR) is 112 cm³/mol. The van der Waals surface area contributed by atoms with E-state index in [-0.39, 0.29) is 23.8 Å². The van der Waals surface area contributed by atoms with Crippen LogP contribution in [-0.2, 0) is 4.74 Å². The Morgan fingerprint density at radius 2 is 1.97 bits per heavy atom. The molecule has 0 aliphatic carbocycles. The first kappa shape index (κ1) is 19.5. The van der Waals surface area contributed by atoms with Crippen LogP contribution in [0.4, 0.5) is 5.69 Å². The summed E-state index contributed by atoms with van der Waals surface area (Å²) in [6.45, 7) is 2.00. The van der Waals surface area contributed by atoms with E-state index in [2.05, 4.69) is 20.4 Å². The number of nitrogens with zero attached hydrogens (tertiary/aromatic N) is 4. The molecule has 150 valence electrons. The molecule has 0 bridgehead atoms. The number of halogens is 1. The normalized spacial score (nSPS) is 10.7. The van der Waals surface area contributed by atoms with Gasteiger partial charge in [0.15, 0.2) is 5.65 Å². The summed E-state index contributed by atoms with van der Waals surface area (Å²) in [7, 11) is 0. The largest absolute Gasteiger partial charge is 0.462 e. The van der Waals surface area contributed by atoms with Crippen LogP contribution in [-0.4, -0.2) is 38.1 Å². The summed E-state index contributed by atoms with van der Waals surface area (Å²) in [6, 6.07) is 12.1. The maximum atomic E-state index is 12.5. The quantitative estimate of drug-likeness (QED) is 0.491. The summed E-state index contributed by atoms with van der Waals surface area (Å²) in [5, 5.41) is 7.52. The van der Waals surface area contributed by atoms with Crippen molar-refractivity contribution in [1.29, 1.82) is 0 Å². The van der Waals surface area contributed by atoms with Crippen LogP contribution < -0.4 is 5.32 Å². The number of carbonyl (C=O) groups is 2. The number of nitrogens with one attached hydrogen (secondary N) is 1. The molecule has 0 atom stereocenters. The van der Waals surface area contributed by atoms with Crippen molar-refractivity contribution in [2.45, 2.75) is 6.92 Å². The van der Waals surface area contributed by atoms with Gasteiger partial charge in [-0.2, -0.15) is 5.10 Å². The topological polar surface area (TPSA) is 98.5 Å². The second-order valence-electron chi connectivity index (χ2n) is 6.24. The molecule has 0 radical (unpaired) electrons. The van der Waals surface area contributed by atoms with Crippen molar-refractivity contribution in [2.24, 2.45) is 0 Å². The first-order chi connectivity index (χ1) is 14.6. The lowest BCUT2D eigenvalue weighted by Gasteiger charge is -2.09. The van der Waals surface area contributed by atoms with Crippen LogP contribution in [0.1, 0.15) is 27.8 Å². The van der Waals surface area contributed by atoms with Crippen LogP contribution in [0.3, 0.4) is 0 Å². The molecule has 0 unspecified atom stereocenters. The second-order valence-corrected chi connectivity index (χ2v) is 6.67. The lowest BCUT2D eigenvalue weighted by molar-refractivity contribution is 0.0528. The van der Waals surface area contributed by atoms with Crippen molar-refractivity contribution in [3.05, 3.63) is 77.3 Å². The Balaban J connectivity index is 1.66. The van der Waals surface area contributed by atoms with Crippen molar-refractivity contribution >= 4 is 34.8 Å². The highest BCUT2D eigenvalue weighted by Gasteiger charge is 2.17. The van der Waals surface area contributed by atoms with E-state index in [1.165, 1.54) is 18.5 Å². The van der Waals surface area contributed by atoms with Gasteiger partial charge in [-0.3, -0.25) is 9.78 Å². The maximum Gasteiger partial charge on any atom is 0.343 e. The van der Waals surface area contributed by atoms with E-state index in [9.17, 15) is 9.59 Å². The fourth-order valence-electron chi connectivity index (χ4n) is 2.94. The number of esters is 1. The number of pyridine rings is 1. The van der Waals surface area contributed by atoms with Crippen LogP contribution >= 0.6 is 11.6 Å². The van der Waals surface area contributed by atoms with Crippen LogP contribution in [0.15, 0.2) is 61.1 Å². The highest BCUT2D eigenvalue weighted by molar-refractivity contribution is 6.31. The summed E-state index contributed by atoms with van der Waals surface area (Å²) in [5.41, 5.74) is 2.94. The summed E-state index contributed by atoms with van der Waals surface area (Å²) >= 11 is 5.93. The fourth-order valence-corrected chi connectivity index (χ4v) is 3.10. The predicted octanol–water partition coefficient (Wildman–Crippen LogP) is 3.87. The monoisotopic (exact) mass is 421 g/mol. The summed E-state index contributed by atoms with van der Waals surface area (Å²) < 4.78 is 6.62. The first-order valence-corrected chi connectivity index (χ1v) is 9.48. The lowest BCUT2D eigenvalue weighted by Crippen LogP contribution is -2.13. The third-order valence-electron chi connectivity index (χ3n) is 4.27. The zero-order valence-electron chi connectivity index (χ0n) is 15.9. The van der Waals surface area contributed by atoms with E-state index in [0.717, 1.165) is 5.56 Å². The van der Waals surface area contributed by atoms with Gasteiger partial charge in [-0.05, 0) is 37.3 Å². The van der Waals surface area contributed by atoms with E-state index < -0.39 is 5.97 Å². The molecule has 4 rings (SSSR count). The molecule has 1 N–H and O–H groups in total. The van der Waals surface area contributed by atoms with Crippen molar-refractivity contribution in [1.82, 2.24) is 19.6 Å². The minimum atomic E-state index is -0.479. The van der Waals surface area contributed by atoms with Gasteiger partial charge in [0.05, 0.1) is 18.5 Å². The molecular formula is C21H16ClN5O3. The number of benzene rings is 1. The van der Waals surface area contributed by atoms with Gasteiger partial charge in [0.2, 0.25) is 0 Å². The van der Waals surface area contributed by atoms with Gasteiger partial charge in [0.1, 0.15) is 11.3 Å². The molecule has 0 aliphatic rings. The number of hydrogen-bond acceptors (Lipinski definition) is 6. The van der Waals surface area contributed by atoms with Crippen molar-refractivity contribution < 1.29 is 14.3 Å². The molecule has 8 nitrogen and oxygen atoms in total. The second kappa shape index (κ2) is 8.30. The number of aromatic nitrogens is 4. The van der Waals surface area contributed by atoms with Crippen molar-refractivity contribution in [3.8, 4) is 11.3 Å². The van der Waals surface area contributed by atoms with Crippen molar-refractivity contribution in [3.63, 3.8) is 0 Å². The van der Waals surface area contributed by atoms with E-state index >= 15 is 0 Å². The molecule has 0 spiro atoms. The van der Waals surface area contributed by atoms with Crippen LogP contribution in [0.5, 0.6) is 0 Å². The fraction of sp³-hybridized carbons (Fsp3) is 0.0952. The molecule has 1 amide bonds. The molecule has 4 aromatic rings. The third-order valence-corrected chi connectivity index (χ3v) is 4.50. The molecule has 30 heavy (non-hydrogen) atoms. The number of rotatable bonds is 5. The summed E-state index contributed by atoms with van der Waals surface area (Å²) in [5.74, 6) is -0.856. The van der Waals surface area contributed by atoms with Crippen LogP contribution in [0.25, 0.3) is 16.9 Å². The van der Waals surface area contributed by atoms with E-state index in [1.54, 1.807) is 48.0 Å². The van der Waals surface area contributed by atoms with Crippen molar-refractivity contribution in [2.75, 3.05) is 11.9 Å². The highest BCUT2D eigenvalue weighted by Crippen LogP contribution is 2.24. The maximum absolute atomic E-state index is 12.5.